The first-order valence-corrected chi connectivity index (χ1v) is 7.32. The number of anilines is 2. The largest absolute Gasteiger partial charge is 0.397 e. The van der Waals surface area contributed by atoms with Crippen LogP contribution in [0, 0.1) is 23.7 Å². The average molecular weight is 258 g/mol. The first-order valence-electron chi connectivity index (χ1n) is 7.32. The van der Waals surface area contributed by atoms with Gasteiger partial charge in [0, 0.05) is 5.92 Å². The Morgan fingerprint density at radius 2 is 1.79 bits per heavy atom. The zero-order valence-corrected chi connectivity index (χ0v) is 11.4. The summed E-state index contributed by atoms with van der Waals surface area (Å²) < 4.78 is 0. The van der Waals surface area contributed by atoms with E-state index in [2.05, 4.69) is 12.2 Å². The van der Waals surface area contributed by atoms with E-state index in [4.69, 9.17) is 5.73 Å². The maximum Gasteiger partial charge on any atom is 0.227 e. The van der Waals surface area contributed by atoms with Gasteiger partial charge in [0.2, 0.25) is 5.91 Å². The van der Waals surface area contributed by atoms with Crippen LogP contribution >= 0.6 is 0 Å². The molecule has 0 radical (unpaired) electrons. The van der Waals surface area contributed by atoms with Crippen LogP contribution in [0.4, 0.5) is 11.4 Å². The van der Waals surface area contributed by atoms with Gasteiger partial charge >= 0.3 is 0 Å². The van der Waals surface area contributed by atoms with Gasteiger partial charge in [0.1, 0.15) is 0 Å². The molecule has 3 N–H and O–H groups in total. The number of rotatable bonds is 5. The lowest BCUT2D eigenvalue weighted by Crippen LogP contribution is -2.29. The topological polar surface area (TPSA) is 55.1 Å². The summed E-state index contributed by atoms with van der Waals surface area (Å²) in [5.41, 5.74) is 7.25. The third-order valence-corrected chi connectivity index (χ3v) is 4.54. The van der Waals surface area contributed by atoms with Crippen LogP contribution in [0.1, 0.15) is 32.6 Å². The minimum absolute atomic E-state index is 0.0969. The molecule has 1 amide bonds. The Labute approximate surface area is 114 Å². The SMILES string of the molecule is CC(C(=O)Nc1ccccc1N)C(C1CC1)C1CC1. The minimum Gasteiger partial charge on any atom is -0.397 e. The summed E-state index contributed by atoms with van der Waals surface area (Å²) in [7, 11) is 0. The van der Waals surface area contributed by atoms with E-state index in [0.717, 1.165) is 17.5 Å². The van der Waals surface area contributed by atoms with E-state index in [-0.39, 0.29) is 11.8 Å². The maximum atomic E-state index is 12.4. The van der Waals surface area contributed by atoms with Gasteiger partial charge in [-0.05, 0) is 55.6 Å². The summed E-state index contributed by atoms with van der Waals surface area (Å²) in [5.74, 6) is 2.40. The lowest BCUT2D eigenvalue weighted by Gasteiger charge is -2.23. The van der Waals surface area contributed by atoms with Crippen molar-refractivity contribution in [3.05, 3.63) is 24.3 Å². The molecule has 3 rings (SSSR count). The smallest absolute Gasteiger partial charge is 0.227 e. The molecule has 0 aromatic heterocycles. The van der Waals surface area contributed by atoms with Crippen molar-refractivity contribution in [1.82, 2.24) is 0 Å². The zero-order chi connectivity index (χ0) is 13.4. The van der Waals surface area contributed by atoms with Gasteiger partial charge in [0.25, 0.3) is 0 Å². The number of nitrogens with one attached hydrogen (secondary N) is 1. The van der Waals surface area contributed by atoms with E-state index in [1.54, 1.807) is 0 Å². The number of carbonyl (C=O) groups is 1. The van der Waals surface area contributed by atoms with Crippen molar-refractivity contribution in [2.75, 3.05) is 11.1 Å². The number of hydrogen-bond donors (Lipinski definition) is 2. The van der Waals surface area contributed by atoms with Gasteiger partial charge in [-0.2, -0.15) is 0 Å². The fourth-order valence-electron chi connectivity index (χ4n) is 3.20. The van der Waals surface area contributed by atoms with Crippen LogP contribution in [0.5, 0.6) is 0 Å². The first-order chi connectivity index (χ1) is 9.16. The van der Waals surface area contributed by atoms with Gasteiger partial charge in [-0.25, -0.2) is 0 Å². The summed E-state index contributed by atoms with van der Waals surface area (Å²) in [4.78, 5) is 12.4. The molecule has 0 spiro atoms. The van der Waals surface area contributed by atoms with Crippen molar-refractivity contribution in [2.24, 2.45) is 23.7 Å². The predicted molar refractivity (Wildman–Crippen MR) is 77.6 cm³/mol. The highest BCUT2D eigenvalue weighted by Gasteiger charge is 2.45. The standard InChI is InChI=1S/C16H22N2O/c1-10(15(11-6-7-11)12-8-9-12)16(19)18-14-5-3-2-4-13(14)17/h2-5,10-12,15H,6-9,17H2,1H3,(H,18,19). The molecule has 0 saturated heterocycles. The number of carbonyl (C=O) groups excluding carboxylic acids is 1. The van der Waals surface area contributed by atoms with E-state index in [1.807, 2.05) is 24.3 Å². The van der Waals surface area contributed by atoms with Crippen LogP contribution in [-0.4, -0.2) is 5.91 Å². The normalized spacial score (nSPS) is 20.3. The molecule has 1 aromatic carbocycles. The fourth-order valence-corrected chi connectivity index (χ4v) is 3.20. The Hall–Kier alpha value is -1.51. The third kappa shape index (κ3) is 2.75. The molecule has 2 aliphatic rings. The molecular formula is C16H22N2O. The molecule has 102 valence electrons. The van der Waals surface area contributed by atoms with Crippen LogP contribution in [0.2, 0.25) is 0 Å². The van der Waals surface area contributed by atoms with Crippen molar-refractivity contribution in [1.29, 1.82) is 0 Å². The summed E-state index contributed by atoms with van der Waals surface area (Å²) in [5, 5.41) is 2.99. The molecule has 2 fully saturated rings. The second kappa shape index (κ2) is 4.87. The third-order valence-electron chi connectivity index (χ3n) is 4.54. The van der Waals surface area contributed by atoms with E-state index < -0.39 is 0 Å². The molecule has 3 nitrogen and oxygen atoms in total. The monoisotopic (exact) mass is 258 g/mol. The fraction of sp³-hybridized carbons (Fsp3) is 0.562. The lowest BCUT2D eigenvalue weighted by atomic mass is 9.84. The average Bonchev–Trinajstić information content (AvgIpc) is 3.25. The number of benzene rings is 1. The summed E-state index contributed by atoms with van der Waals surface area (Å²) in [6.07, 6.45) is 5.25. The summed E-state index contributed by atoms with van der Waals surface area (Å²) in [6, 6.07) is 7.46. The Kier molecular flexibility index (Phi) is 3.21. The van der Waals surface area contributed by atoms with Gasteiger partial charge in [-0.15, -0.1) is 0 Å². The van der Waals surface area contributed by atoms with Crippen molar-refractivity contribution in [3.8, 4) is 0 Å². The Balaban J connectivity index is 1.67. The number of nitrogens with two attached hydrogens (primary N) is 1. The number of para-hydroxylation sites is 2. The molecule has 0 aliphatic heterocycles. The van der Waals surface area contributed by atoms with Crippen LogP contribution in [-0.2, 0) is 4.79 Å². The van der Waals surface area contributed by atoms with Gasteiger partial charge in [-0.1, -0.05) is 19.1 Å². The van der Waals surface area contributed by atoms with Crippen LogP contribution in [0.3, 0.4) is 0 Å². The van der Waals surface area contributed by atoms with E-state index in [0.29, 0.717) is 11.6 Å². The van der Waals surface area contributed by atoms with Gasteiger partial charge in [0.15, 0.2) is 0 Å². The van der Waals surface area contributed by atoms with Crippen molar-refractivity contribution < 1.29 is 4.79 Å². The van der Waals surface area contributed by atoms with Crippen molar-refractivity contribution in [3.63, 3.8) is 0 Å². The Bertz CT molecular complexity index is 465. The van der Waals surface area contributed by atoms with Crippen LogP contribution in [0.15, 0.2) is 24.3 Å². The second-order valence-electron chi connectivity index (χ2n) is 6.12. The molecule has 19 heavy (non-hydrogen) atoms. The molecule has 2 saturated carbocycles. The Morgan fingerprint density at radius 3 is 2.32 bits per heavy atom. The quantitative estimate of drug-likeness (QED) is 0.796. The molecular weight excluding hydrogens is 236 g/mol. The predicted octanol–water partition coefficient (Wildman–Crippen LogP) is 3.28. The number of hydrogen-bond acceptors (Lipinski definition) is 2. The van der Waals surface area contributed by atoms with Crippen LogP contribution in [0.25, 0.3) is 0 Å². The second-order valence-corrected chi connectivity index (χ2v) is 6.12. The van der Waals surface area contributed by atoms with Crippen molar-refractivity contribution >= 4 is 17.3 Å². The molecule has 2 aliphatic carbocycles. The van der Waals surface area contributed by atoms with E-state index in [9.17, 15) is 4.79 Å². The zero-order valence-electron chi connectivity index (χ0n) is 11.4. The first kappa shape index (κ1) is 12.5. The highest BCUT2D eigenvalue weighted by atomic mass is 16.1. The minimum atomic E-state index is 0.0969. The van der Waals surface area contributed by atoms with E-state index in [1.165, 1.54) is 25.7 Å². The number of amides is 1. The van der Waals surface area contributed by atoms with Gasteiger partial charge in [-0.3, -0.25) is 4.79 Å². The highest BCUT2D eigenvalue weighted by molar-refractivity contribution is 5.95. The lowest BCUT2D eigenvalue weighted by molar-refractivity contribution is -0.121. The molecule has 1 unspecified atom stereocenters. The summed E-state index contributed by atoms with van der Waals surface area (Å²) in [6.45, 7) is 2.08. The molecule has 0 heterocycles. The number of nitrogen functional groups attached to an aromatic ring is 1. The molecule has 3 heteroatoms. The van der Waals surface area contributed by atoms with Gasteiger partial charge < -0.3 is 11.1 Å². The van der Waals surface area contributed by atoms with E-state index >= 15 is 0 Å². The van der Waals surface area contributed by atoms with Crippen LogP contribution < -0.4 is 11.1 Å². The van der Waals surface area contributed by atoms with Crippen molar-refractivity contribution in [2.45, 2.75) is 32.6 Å². The van der Waals surface area contributed by atoms with Gasteiger partial charge in [0.05, 0.1) is 11.4 Å². The molecule has 0 bridgehead atoms. The molecule has 1 atom stereocenters. The molecule has 1 aromatic rings. The summed E-state index contributed by atoms with van der Waals surface area (Å²) >= 11 is 0. The highest BCUT2D eigenvalue weighted by Crippen LogP contribution is 2.52. The maximum absolute atomic E-state index is 12.4. The Morgan fingerprint density at radius 1 is 1.21 bits per heavy atom.